The molecule has 0 unspecified atom stereocenters. The van der Waals surface area contributed by atoms with E-state index in [1.165, 1.54) is 5.56 Å². The minimum atomic E-state index is -0.0466. The number of rotatable bonds is 6. The van der Waals surface area contributed by atoms with Crippen LogP contribution in [0.2, 0.25) is 0 Å². The highest BCUT2D eigenvalue weighted by Gasteiger charge is 2.33. The van der Waals surface area contributed by atoms with Crippen LogP contribution in [0.5, 0.6) is 5.75 Å². The molecule has 2 aromatic rings. The van der Waals surface area contributed by atoms with E-state index in [2.05, 4.69) is 49.2 Å². The van der Waals surface area contributed by atoms with Crippen molar-refractivity contribution >= 4 is 6.21 Å². The molecule has 138 valence electrons. The predicted molar refractivity (Wildman–Crippen MR) is 107 cm³/mol. The van der Waals surface area contributed by atoms with E-state index in [1.807, 2.05) is 18.2 Å². The first-order valence-electron chi connectivity index (χ1n) is 9.52. The van der Waals surface area contributed by atoms with Crippen molar-refractivity contribution in [3.63, 3.8) is 0 Å². The first-order chi connectivity index (χ1) is 12.6. The number of hydrogen-bond donors (Lipinski definition) is 1. The van der Waals surface area contributed by atoms with E-state index in [1.54, 1.807) is 12.3 Å². The van der Waals surface area contributed by atoms with Crippen molar-refractivity contribution in [1.82, 2.24) is 0 Å². The van der Waals surface area contributed by atoms with Gasteiger partial charge in [-0.1, -0.05) is 42.5 Å². The molecule has 2 atom stereocenters. The van der Waals surface area contributed by atoms with Gasteiger partial charge in [0.05, 0.1) is 5.60 Å². The third-order valence-electron chi connectivity index (χ3n) is 5.27. The summed E-state index contributed by atoms with van der Waals surface area (Å²) in [5, 5.41) is 9.85. The molecule has 3 nitrogen and oxygen atoms in total. The molecule has 26 heavy (non-hydrogen) atoms. The Hall–Kier alpha value is -2.13. The third kappa shape index (κ3) is 4.95. The molecule has 0 radical (unpaired) electrons. The highest BCUT2D eigenvalue weighted by atomic mass is 16.5. The number of nitrogens with zero attached hydrogens (tertiary/aromatic N) is 1. The number of ether oxygens (including phenoxy) is 1. The SMILES string of the molecule is CC1(C)C[C@@H]([C@@H](CCN=Cc2ccccc2O)c2ccccc2)CCO1. The van der Waals surface area contributed by atoms with Gasteiger partial charge in [0.2, 0.25) is 0 Å². The molecule has 3 rings (SSSR count). The monoisotopic (exact) mass is 351 g/mol. The Labute approximate surface area is 156 Å². The van der Waals surface area contributed by atoms with E-state index >= 15 is 0 Å². The topological polar surface area (TPSA) is 41.8 Å². The zero-order valence-corrected chi connectivity index (χ0v) is 15.8. The number of phenols is 1. The fraction of sp³-hybridized carbons (Fsp3) is 0.435. The standard InChI is InChI=1S/C23H29NO2/c1-23(2)16-19(13-15-26-23)21(18-8-4-3-5-9-18)12-14-24-17-20-10-6-7-11-22(20)25/h3-11,17,19,21,25H,12-16H2,1-2H3/t19-,21-/m0/s1. The van der Waals surface area contributed by atoms with Crippen LogP contribution in [0.4, 0.5) is 0 Å². The fourth-order valence-electron chi connectivity index (χ4n) is 3.97. The van der Waals surface area contributed by atoms with Crippen molar-refractivity contribution in [3.05, 3.63) is 65.7 Å². The average molecular weight is 351 g/mol. The lowest BCUT2D eigenvalue weighted by Crippen LogP contribution is -2.36. The van der Waals surface area contributed by atoms with E-state index in [-0.39, 0.29) is 11.4 Å². The van der Waals surface area contributed by atoms with Gasteiger partial charge in [-0.2, -0.15) is 0 Å². The summed E-state index contributed by atoms with van der Waals surface area (Å²) < 4.78 is 5.92. The van der Waals surface area contributed by atoms with Crippen molar-refractivity contribution in [2.24, 2.45) is 10.9 Å². The molecule has 0 bridgehead atoms. The number of para-hydroxylation sites is 1. The van der Waals surface area contributed by atoms with Crippen LogP contribution in [0.15, 0.2) is 59.6 Å². The molecule has 1 saturated heterocycles. The normalized spacial score (nSPS) is 20.9. The van der Waals surface area contributed by atoms with Gasteiger partial charge in [0.15, 0.2) is 0 Å². The van der Waals surface area contributed by atoms with E-state index in [4.69, 9.17) is 4.74 Å². The van der Waals surface area contributed by atoms with Gasteiger partial charge in [-0.25, -0.2) is 0 Å². The molecule has 0 aliphatic carbocycles. The van der Waals surface area contributed by atoms with E-state index in [9.17, 15) is 5.11 Å². The van der Waals surface area contributed by atoms with Gasteiger partial charge < -0.3 is 9.84 Å². The first kappa shape index (κ1) is 18.7. The van der Waals surface area contributed by atoms with E-state index in [0.29, 0.717) is 11.8 Å². The number of hydrogen-bond acceptors (Lipinski definition) is 3. The van der Waals surface area contributed by atoms with Gasteiger partial charge in [-0.3, -0.25) is 4.99 Å². The maximum absolute atomic E-state index is 9.85. The number of aliphatic imine (C=N–C) groups is 1. The molecule has 1 heterocycles. The minimum absolute atomic E-state index is 0.0466. The van der Waals surface area contributed by atoms with Crippen molar-refractivity contribution in [1.29, 1.82) is 0 Å². The van der Waals surface area contributed by atoms with Crippen LogP contribution in [-0.2, 0) is 4.74 Å². The van der Waals surface area contributed by atoms with Gasteiger partial charge in [0, 0.05) is 24.9 Å². The average Bonchev–Trinajstić information content (AvgIpc) is 2.63. The summed E-state index contributed by atoms with van der Waals surface area (Å²) in [5.41, 5.74) is 2.12. The number of benzene rings is 2. The lowest BCUT2D eigenvalue weighted by Gasteiger charge is -2.39. The summed E-state index contributed by atoms with van der Waals surface area (Å²) in [6, 6.07) is 18.1. The summed E-state index contributed by atoms with van der Waals surface area (Å²) in [6.45, 7) is 5.98. The molecule has 2 aromatic carbocycles. The zero-order chi connectivity index (χ0) is 18.4. The maximum Gasteiger partial charge on any atom is 0.124 e. The maximum atomic E-state index is 9.85. The summed E-state index contributed by atoms with van der Waals surface area (Å²) >= 11 is 0. The Morgan fingerprint density at radius 1 is 1.15 bits per heavy atom. The van der Waals surface area contributed by atoms with E-state index in [0.717, 1.165) is 38.0 Å². The van der Waals surface area contributed by atoms with Crippen LogP contribution in [0, 0.1) is 5.92 Å². The lowest BCUT2D eigenvalue weighted by atomic mass is 9.75. The Balaban J connectivity index is 1.69. The van der Waals surface area contributed by atoms with Crippen LogP contribution in [0.3, 0.4) is 0 Å². The molecule has 1 N–H and O–H groups in total. The lowest BCUT2D eigenvalue weighted by molar-refractivity contribution is -0.0771. The Morgan fingerprint density at radius 2 is 1.88 bits per heavy atom. The quantitative estimate of drug-likeness (QED) is 0.728. The Morgan fingerprint density at radius 3 is 2.62 bits per heavy atom. The molecule has 0 spiro atoms. The van der Waals surface area contributed by atoms with Gasteiger partial charge in [0.25, 0.3) is 0 Å². The summed E-state index contributed by atoms with van der Waals surface area (Å²) in [6.07, 6.45) is 4.97. The second-order valence-electron chi connectivity index (χ2n) is 7.76. The predicted octanol–water partition coefficient (Wildman–Crippen LogP) is 5.19. The van der Waals surface area contributed by atoms with Crippen LogP contribution in [0.25, 0.3) is 0 Å². The second-order valence-corrected chi connectivity index (χ2v) is 7.76. The van der Waals surface area contributed by atoms with Gasteiger partial charge in [-0.15, -0.1) is 0 Å². The molecule has 1 aliphatic heterocycles. The van der Waals surface area contributed by atoms with E-state index < -0.39 is 0 Å². The number of phenolic OH excluding ortho intramolecular Hbond substituents is 1. The molecule has 0 aromatic heterocycles. The Kier molecular flexibility index (Phi) is 6.10. The van der Waals surface area contributed by atoms with Gasteiger partial charge in [0.1, 0.15) is 5.75 Å². The van der Waals surface area contributed by atoms with Crippen molar-refractivity contribution < 1.29 is 9.84 Å². The second kappa shape index (κ2) is 8.50. The molecular weight excluding hydrogens is 322 g/mol. The highest BCUT2D eigenvalue weighted by Crippen LogP contribution is 2.39. The molecule has 0 amide bonds. The minimum Gasteiger partial charge on any atom is -0.507 e. The summed E-state index contributed by atoms with van der Waals surface area (Å²) in [7, 11) is 0. The molecule has 0 saturated carbocycles. The van der Waals surface area contributed by atoms with Crippen molar-refractivity contribution in [2.45, 2.75) is 44.6 Å². The van der Waals surface area contributed by atoms with Crippen molar-refractivity contribution in [2.75, 3.05) is 13.2 Å². The van der Waals surface area contributed by atoms with Crippen LogP contribution in [0.1, 0.15) is 50.2 Å². The molecule has 1 fully saturated rings. The fourth-order valence-corrected chi connectivity index (χ4v) is 3.97. The highest BCUT2D eigenvalue weighted by molar-refractivity contribution is 5.83. The third-order valence-corrected chi connectivity index (χ3v) is 5.27. The largest absolute Gasteiger partial charge is 0.507 e. The first-order valence-corrected chi connectivity index (χ1v) is 9.52. The number of aromatic hydroxyl groups is 1. The van der Waals surface area contributed by atoms with Crippen molar-refractivity contribution in [3.8, 4) is 5.75 Å². The molecule has 1 aliphatic rings. The molecule has 3 heteroatoms. The smallest absolute Gasteiger partial charge is 0.124 e. The van der Waals surface area contributed by atoms with Crippen LogP contribution in [-0.4, -0.2) is 30.1 Å². The van der Waals surface area contributed by atoms with Crippen LogP contribution < -0.4 is 0 Å². The van der Waals surface area contributed by atoms with Gasteiger partial charge in [-0.05, 0) is 62.6 Å². The van der Waals surface area contributed by atoms with Crippen LogP contribution >= 0.6 is 0 Å². The summed E-state index contributed by atoms with van der Waals surface area (Å²) in [5.74, 6) is 1.38. The van der Waals surface area contributed by atoms with Gasteiger partial charge >= 0.3 is 0 Å². The summed E-state index contributed by atoms with van der Waals surface area (Å²) in [4.78, 5) is 4.58. The zero-order valence-electron chi connectivity index (χ0n) is 15.8. The Bertz CT molecular complexity index is 724. The molecular formula is C23H29NO2.